The van der Waals surface area contributed by atoms with Crippen molar-refractivity contribution in [2.45, 2.75) is 46.4 Å². The molecule has 0 aliphatic rings. The number of benzene rings is 1. The fraction of sp³-hybridized carbons (Fsp3) is 0.391. The Morgan fingerprint density at radius 2 is 1.81 bits per heavy atom. The van der Waals surface area contributed by atoms with Crippen LogP contribution in [0.1, 0.15) is 43.5 Å². The lowest BCUT2D eigenvalue weighted by atomic mass is 10.0. The largest absolute Gasteiger partial charge is 0.485 e. The molecule has 3 aromatic rings. The fourth-order valence-electron chi connectivity index (χ4n) is 3.63. The predicted octanol–water partition coefficient (Wildman–Crippen LogP) is 5.64. The van der Waals surface area contributed by atoms with Crippen LogP contribution in [0.15, 0.2) is 42.6 Å². The molecule has 2 aromatic heterocycles. The molecule has 0 spiro atoms. The maximum atomic E-state index is 12.9. The van der Waals surface area contributed by atoms with Crippen LogP contribution in [0.3, 0.4) is 0 Å². The van der Waals surface area contributed by atoms with Crippen molar-refractivity contribution in [3.05, 3.63) is 59.4 Å². The SMILES string of the molecule is CCC(CC)C(=O)N(C)c1c(C)nc2c(OCc3ccc(C(F)(F)F)cc3)cccn12. The lowest BCUT2D eigenvalue weighted by molar-refractivity contribution is -0.137. The lowest BCUT2D eigenvalue weighted by Gasteiger charge is -2.22. The number of imidazole rings is 1. The third kappa shape index (κ3) is 4.68. The molecule has 166 valence electrons. The van der Waals surface area contributed by atoms with Crippen molar-refractivity contribution in [1.29, 1.82) is 0 Å². The van der Waals surface area contributed by atoms with Gasteiger partial charge < -0.3 is 4.74 Å². The molecule has 0 fully saturated rings. The van der Waals surface area contributed by atoms with E-state index in [4.69, 9.17) is 4.74 Å². The number of anilines is 1. The van der Waals surface area contributed by atoms with Gasteiger partial charge in [0, 0.05) is 19.2 Å². The standard InChI is InChI=1S/C23H26F3N3O2/c1-5-17(6-2)22(30)28(4)21-15(3)27-20-19(8-7-13-29(20)21)31-14-16-9-11-18(12-10-16)23(24,25)26/h7-13,17H,5-6,14H2,1-4H3. The van der Waals surface area contributed by atoms with E-state index in [1.54, 1.807) is 28.5 Å². The minimum atomic E-state index is -4.37. The van der Waals surface area contributed by atoms with Gasteiger partial charge in [0.2, 0.25) is 5.91 Å². The number of aryl methyl sites for hydroxylation is 1. The highest BCUT2D eigenvalue weighted by molar-refractivity contribution is 5.94. The summed E-state index contributed by atoms with van der Waals surface area (Å²) in [7, 11) is 1.74. The van der Waals surface area contributed by atoms with Crippen molar-refractivity contribution in [2.75, 3.05) is 11.9 Å². The van der Waals surface area contributed by atoms with Gasteiger partial charge in [-0.25, -0.2) is 4.98 Å². The van der Waals surface area contributed by atoms with Crippen molar-refractivity contribution in [1.82, 2.24) is 9.38 Å². The van der Waals surface area contributed by atoms with E-state index >= 15 is 0 Å². The summed E-state index contributed by atoms with van der Waals surface area (Å²) in [4.78, 5) is 19.1. The molecule has 3 rings (SSSR count). The molecule has 0 saturated carbocycles. The highest BCUT2D eigenvalue weighted by atomic mass is 19.4. The van der Waals surface area contributed by atoms with Gasteiger partial charge in [0.05, 0.1) is 11.3 Å². The Morgan fingerprint density at radius 1 is 1.16 bits per heavy atom. The summed E-state index contributed by atoms with van der Waals surface area (Å²) in [5, 5.41) is 0. The number of carbonyl (C=O) groups is 1. The average molecular weight is 433 g/mol. The third-order valence-corrected chi connectivity index (χ3v) is 5.42. The van der Waals surface area contributed by atoms with Gasteiger partial charge in [-0.15, -0.1) is 0 Å². The van der Waals surface area contributed by atoms with Crippen LogP contribution >= 0.6 is 0 Å². The average Bonchev–Trinajstić information content (AvgIpc) is 3.08. The van der Waals surface area contributed by atoms with E-state index in [1.807, 2.05) is 27.0 Å². The van der Waals surface area contributed by atoms with Crippen LogP contribution < -0.4 is 9.64 Å². The van der Waals surface area contributed by atoms with E-state index in [-0.39, 0.29) is 18.4 Å². The van der Waals surface area contributed by atoms with Gasteiger partial charge in [0.15, 0.2) is 11.4 Å². The van der Waals surface area contributed by atoms with E-state index in [0.29, 0.717) is 28.5 Å². The van der Waals surface area contributed by atoms with Gasteiger partial charge in [0.25, 0.3) is 0 Å². The summed E-state index contributed by atoms with van der Waals surface area (Å²) < 4.78 is 45.9. The van der Waals surface area contributed by atoms with Crippen molar-refractivity contribution < 1.29 is 22.7 Å². The minimum absolute atomic E-state index is 0.0333. The molecule has 1 amide bonds. The number of rotatable bonds is 7. The molecule has 2 heterocycles. The number of alkyl halides is 3. The second-order valence-corrected chi connectivity index (χ2v) is 7.48. The molecule has 5 nitrogen and oxygen atoms in total. The molecule has 31 heavy (non-hydrogen) atoms. The maximum absolute atomic E-state index is 12.9. The third-order valence-electron chi connectivity index (χ3n) is 5.42. The first-order chi connectivity index (χ1) is 14.7. The molecule has 0 aliphatic heterocycles. The van der Waals surface area contributed by atoms with Gasteiger partial charge in [-0.05, 0) is 49.6 Å². The molecule has 1 aromatic carbocycles. The molecule has 0 unspecified atom stereocenters. The number of hydrogen-bond acceptors (Lipinski definition) is 3. The van der Waals surface area contributed by atoms with Gasteiger partial charge >= 0.3 is 6.18 Å². The monoisotopic (exact) mass is 433 g/mol. The van der Waals surface area contributed by atoms with Gasteiger partial charge in [-0.1, -0.05) is 26.0 Å². The van der Waals surface area contributed by atoms with Crippen LogP contribution in [0.5, 0.6) is 5.75 Å². The normalized spacial score (nSPS) is 11.9. The second-order valence-electron chi connectivity index (χ2n) is 7.48. The van der Waals surface area contributed by atoms with Crippen molar-refractivity contribution >= 4 is 17.4 Å². The van der Waals surface area contributed by atoms with Gasteiger partial charge in [0.1, 0.15) is 12.4 Å². The number of nitrogens with zero attached hydrogens (tertiary/aromatic N) is 3. The van der Waals surface area contributed by atoms with Crippen LogP contribution in [0, 0.1) is 12.8 Å². The molecule has 0 aliphatic carbocycles. The molecule has 0 saturated heterocycles. The number of aromatic nitrogens is 2. The molecule has 8 heteroatoms. The van der Waals surface area contributed by atoms with Crippen LogP contribution in [0.2, 0.25) is 0 Å². The van der Waals surface area contributed by atoms with Crippen LogP contribution in [-0.2, 0) is 17.6 Å². The summed E-state index contributed by atoms with van der Waals surface area (Å²) >= 11 is 0. The summed E-state index contributed by atoms with van der Waals surface area (Å²) in [6.45, 7) is 5.92. The Kier molecular flexibility index (Phi) is 6.57. The Hall–Kier alpha value is -3.03. The van der Waals surface area contributed by atoms with Crippen LogP contribution in [-0.4, -0.2) is 22.3 Å². The minimum Gasteiger partial charge on any atom is -0.485 e. The number of hydrogen-bond donors (Lipinski definition) is 0. The zero-order valence-corrected chi connectivity index (χ0v) is 18.0. The van der Waals surface area contributed by atoms with Crippen molar-refractivity contribution in [3.63, 3.8) is 0 Å². The molecular formula is C23H26F3N3O2. The molecule has 0 radical (unpaired) electrons. The number of fused-ring (bicyclic) bond motifs is 1. The van der Waals surface area contributed by atoms with E-state index in [0.717, 1.165) is 25.0 Å². The number of halogens is 3. The highest BCUT2D eigenvalue weighted by Crippen LogP contribution is 2.31. The van der Waals surface area contributed by atoms with E-state index < -0.39 is 11.7 Å². The summed E-state index contributed by atoms with van der Waals surface area (Å²) in [6.07, 6.45) is -1.03. The number of carbonyl (C=O) groups excluding carboxylic acids is 1. The molecule has 0 N–H and O–H groups in total. The number of ether oxygens (including phenoxy) is 1. The first-order valence-electron chi connectivity index (χ1n) is 10.2. The van der Waals surface area contributed by atoms with E-state index in [2.05, 4.69) is 4.98 Å². The zero-order valence-electron chi connectivity index (χ0n) is 18.0. The Balaban J connectivity index is 1.85. The van der Waals surface area contributed by atoms with Crippen molar-refractivity contribution in [3.8, 4) is 5.75 Å². The second kappa shape index (κ2) is 8.99. The smallest absolute Gasteiger partial charge is 0.416 e. The summed E-state index contributed by atoms with van der Waals surface area (Å²) in [5.74, 6) is 1.13. The van der Waals surface area contributed by atoms with Crippen LogP contribution in [0.25, 0.3) is 5.65 Å². The predicted molar refractivity (Wildman–Crippen MR) is 113 cm³/mol. The first-order valence-corrected chi connectivity index (χ1v) is 10.2. The zero-order chi connectivity index (χ0) is 22.8. The summed E-state index contributed by atoms with van der Waals surface area (Å²) in [6, 6.07) is 8.40. The molecule has 0 bridgehead atoms. The first kappa shape index (κ1) is 22.7. The topological polar surface area (TPSA) is 46.8 Å². The molecule has 0 atom stereocenters. The lowest BCUT2D eigenvalue weighted by Crippen LogP contribution is -2.33. The van der Waals surface area contributed by atoms with E-state index in [1.165, 1.54) is 12.1 Å². The number of amides is 1. The fourth-order valence-corrected chi connectivity index (χ4v) is 3.63. The van der Waals surface area contributed by atoms with Gasteiger partial charge in [-0.2, -0.15) is 13.2 Å². The van der Waals surface area contributed by atoms with Crippen LogP contribution in [0.4, 0.5) is 19.0 Å². The van der Waals surface area contributed by atoms with E-state index in [9.17, 15) is 18.0 Å². The summed E-state index contributed by atoms with van der Waals surface area (Å²) in [5.41, 5.74) is 1.15. The highest BCUT2D eigenvalue weighted by Gasteiger charge is 2.30. The number of pyridine rings is 1. The molecular weight excluding hydrogens is 407 g/mol. The maximum Gasteiger partial charge on any atom is 0.416 e. The Morgan fingerprint density at radius 3 is 2.39 bits per heavy atom. The van der Waals surface area contributed by atoms with Crippen molar-refractivity contribution in [2.24, 2.45) is 5.92 Å². The Labute approximate surface area is 179 Å². The Bertz CT molecular complexity index is 1050. The quantitative estimate of drug-likeness (QED) is 0.485. The van der Waals surface area contributed by atoms with Gasteiger partial charge in [-0.3, -0.25) is 14.1 Å².